The van der Waals surface area contributed by atoms with Crippen molar-refractivity contribution in [2.75, 3.05) is 0 Å². The lowest BCUT2D eigenvalue weighted by Gasteiger charge is -2.04. The summed E-state index contributed by atoms with van der Waals surface area (Å²) >= 11 is 0. The Balaban J connectivity index is 2.77. The summed E-state index contributed by atoms with van der Waals surface area (Å²) in [5.41, 5.74) is 5.52. The number of rotatable bonds is 1. The van der Waals surface area contributed by atoms with E-state index < -0.39 is 0 Å². The quantitative estimate of drug-likeness (QED) is 0.573. The highest BCUT2D eigenvalue weighted by Crippen LogP contribution is 1.95. The van der Waals surface area contributed by atoms with Crippen molar-refractivity contribution in [2.45, 2.75) is 13.1 Å². The molecule has 1 unspecified atom stereocenters. The normalized spacial score (nSPS) is 13.8. The molecule has 0 amide bonds. The summed E-state index contributed by atoms with van der Waals surface area (Å²) in [5, 5.41) is 0. The molecule has 1 aromatic heterocycles. The second kappa shape index (κ2) is 2.01. The van der Waals surface area contributed by atoms with Crippen LogP contribution in [0.25, 0.3) is 0 Å². The van der Waals surface area contributed by atoms with Gasteiger partial charge in [-0.15, -0.1) is 0 Å². The van der Waals surface area contributed by atoms with Gasteiger partial charge in [-0.3, -0.25) is 0 Å². The first-order valence-corrected chi connectivity index (χ1v) is 2.69. The van der Waals surface area contributed by atoms with Crippen LogP contribution in [0.3, 0.4) is 0 Å². The molecule has 1 aromatic rings. The van der Waals surface area contributed by atoms with E-state index in [-0.39, 0.29) is 6.17 Å². The number of hydrogen-bond acceptors (Lipinski definition) is 1. The summed E-state index contributed by atoms with van der Waals surface area (Å²) in [5.74, 6) is 0. The molecule has 0 saturated carbocycles. The fourth-order valence-electron chi connectivity index (χ4n) is 0.619. The third-order valence-electron chi connectivity index (χ3n) is 1.10. The van der Waals surface area contributed by atoms with E-state index in [0.717, 1.165) is 0 Å². The Hall–Kier alpha value is -0.760. The van der Waals surface area contributed by atoms with Crippen molar-refractivity contribution in [1.29, 1.82) is 0 Å². The summed E-state index contributed by atoms with van der Waals surface area (Å²) in [4.78, 5) is 0. The minimum absolute atomic E-state index is 0.102. The lowest BCUT2D eigenvalue weighted by Crippen LogP contribution is -2.11. The maximum absolute atomic E-state index is 5.52. The van der Waals surface area contributed by atoms with Crippen LogP contribution in [0.15, 0.2) is 24.5 Å². The predicted octanol–water partition coefficient (Wildman–Crippen LogP) is 0.965. The smallest absolute Gasteiger partial charge is 0.0779 e. The van der Waals surface area contributed by atoms with Crippen LogP contribution in [-0.4, -0.2) is 4.57 Å². The molecule has 0 aliphatic rings. The molecular weight excluding hydrogens is 100 g/mol. The molecule has 0 radical (unpaired) electrons. The summed E-state index contributed by atoms with van der Waals surface area (Å²) in [6.07, 6.45) is 4.00. The molecule has 0 aromatic carbocycles. The van der Waals surface area contributed by atoms with Crippen molar-refractivity contribution in [2.24, 2.45) is 5.73 Å². The van der Waals surface area contributed by atoms with E-state index in [2.05, 4.69) is 0 Å². The van der Waals surface area contributed by atoms with Gasteiger partial charge in [-0.2, -0.15) is 0 Å². The third-order valence-corrected chi connectivity index (χ3v) is 1.10. The Kier molecular flexibility index (Phi) is 1.35. The average molecular weight is 110 g/mol. The van der Waals surface area contributed by atoms with Crippen LogP contribution < -0.4 is 5.73 Å². The van der Waals surface area contributed by atoms with E-state index in [1.165, 1.54) is 0 Å². The molecule has 44 valence electrons. The first kappa shape index (κ1) is 5.38. The Bertz CT molecular complexity index is 142. The fourth-order valence-corrected chi connectivity index (χ4v) is 0.619. The van der Waals surface area contributed by atoms with Gasteiger partial charge in [-0.25, -0.2) is 0 Å². The molecule has 2 N–H and O–H groups in total. The first-order chi connectivity index (χ1) is 3.80. The Morgan fingerprint density at radius 2 is 1.88 bits per heavy atom. The second-order valence-electron chi connectivity index (χ2n) is 1.87. The lowest BCUT2D eigenvalue weighted by molar-refractivity contribution is 0.575. The van der Waals surface area contributed by atoms with Crippen LogP contribution in [0.5, 0.6) is 0 Å². The van der Waals surface area contributed by atoms with Crippen LogP contribution in [0.1, 0.15) is 13.1 Å². The van der Waals surface area contributed by atoms with Crippen molar-refractivity contribution >= 4 is 0 Å². The highest BCUT2D eigenvalue weighted by Gasteiger charge is 1.89. The summed E-state index contributed by atoms with van der Waals surface area (Å²) in [6.45, 7) is 1.94. The highest BCUT2D eigenvalue weighted by atomic mass is 15.1. The molecule has 1 rings (SSSR count). The Morgan fingerprint density at radius 3 is 2.12 bits per heavy atom. The van der Waals surface area contributed by atoms with Gasteiger partial charge >= 0.3 is 0 Å². The Labute approximate surface area is 48.9 Å². The fraction of sp³-hybridized carbons (Fsp3) is 0.333. The molecule has 0 bridgehead atoms. The summed E-state index contributed by atoms with van der Waals surface area (Å²) < 4.78 is 1.94. The van der Waals surface area contributed by atoms with Gasteiger partial charge in [-0.1, -0.05) is 0 Å². The van der Waals surface area contributed by atoms with E-state index in [9.17, 15) is 0 Å². The molecule has 0 aliphatic heterocycles. The van der Waals surface area contributed by atoms with Gasteiger partial charge in [0.25, 0.3) is 0 Å². The van der Waals surface area contributed by atoms with Crippen molar-refractivity contribution in [3.63, 3.8) is 0 Å². The first-order valence-electron chi connectivity index (χ1n) is 2.69. The monoisotopic (exact) mass is 110 g/mol. The molecule has 0 fully saturated rings. The van der Waals surface area contributed by atoms with Crippen molar-refractivity contribution in [3.8, 4) is 0 Å². The van der Waals surface area contributed by atoms with Gasteiger partial charge in [0.2, 0.25) is 0 Å². The maximum Gasteiger partial charge on any atom is 0.0779 e. The van der Waals surface area contributed by atoms with Crippen LogP contribution in [0.4, 0.5) is 0 Å². The van der Waals surface area contributed by atoms with Crippen LogP contribution in [0.2, 0.25) is 0 Å². The minimum Gasteiger partial charge on any atom is -0.339 e. The SMILES string of the molecule is CC(N)n1cccc1. The van der Waals surface area contributed by atoms with E-state index in [1.807, 2.05) is 36.0 Å². The number of nitrogens with two attached hydrogens (primary N) is 1. The predicted molar refractivity (Wildman–Crippen MR) is 33.3 cm³/mol. The van der Waals surface area contributed by atoms with Gasteiger partial charge in [-0.05, 0) is 19.1 Å². The van der Waals surface area contributed by atoms with Crippen molar-refractivity contribution < 1.29 is 0 Å². The maximum atomic E-state index is 5.52. The van der Waals surface area contributed by atoms with Crippen LogP contribution >= 0.6 is 0 Å². The molecule has 0 spiro atoms. The van der Waals surface area contributed by atoms with E-state index in [1.54, 1.807) is 0 Å². The zero-order valence-electron chi connectivity index (χ0n) is 4.91. The molecule has 1 heterocycles. The largest absolute Gasteiger partial charge is 0.339 e. The summed E-state index contributed by atoms with van der Waals surface area (Å²) in [6, 6.07) is 3.92. The van der Waals surface area contributed by atoms with Gasteiger partial charge in [0.05, 0.1) is 6.17 Å². The molecule has 2 nitrogen and oxygen atoms in total. The lowest BCUT2D eigenvalue weighted by atomic mass is 10.6. The van der Waals surface area contributed by atoms with Crippen molar-refractivity contribution in [3.05, 3.63) is 24.5 Å². The zero-order chi connectivity index (χ0) is 5.98. The Morgan fingerprint density at radius 1 is 1.38 bits per heavy atom. The molecule has 1 atom stereocenters. The zero-order valence-corrected chi connectivity index (χ0v) is 4.91. The standard InChI is InChI=1S/C6H10N2/c1-6(7)8-4-2-3-5-8/h2-6H,7H2,1H3. The molecule has 8 heavy (non-hydrogen) atoms. The van der Waals surface area contributed by atoms with Gasteiger partial charge in [0, 0.05) is 12.4 Å². The van der Waals surface area contributed by atoms with Gasteiger partial charge < -0.3 is 10.3 Å². The van der Waals surface area contributed by atoms with Gasteiger partial charge in [0.1, 0.15) is 0 Å². The second-order valence-corrected chi connectivity index (χ2v) is 1.87. The summed E-state index contributed by atoms with van der Waals surface area (Å²) in [7, 11) is 0. The van der Waals surface area contributed by atoms with Crippen molar-refractivity contribution in [1.82, 2.24) is 4.57 Å². The van der Waals surface area contributed by atoms with E-state index >= 15 is 0 Å². The van der Waals surface area contributed by atoms with E-state index in [4.69, 9.17) is 5.73 Å². The number of nitrogens with zero attached hydrogens (tertiary/aromatic N) is 1. The van der Waals surface area contributed by atoms with Gasteiger partial charge in [0.15, 0.2) is 0 Å². The minimum atomic E-state index is 0.102. The number of aromatic nitrogens is 1. The average Bonchev–Trinajstić information content (AvgIpc) is 2.12. The molecule has 0 aliphatic carbocycles. The topological polar surface area (TPSA) is 30.9 Å². The van der Waals surface area contributed by atoms with Crippen LogP contribution in [0, 0.1) is 0 Å². The molecule has 0 saturated heterocycles. The van der Waals surface area contributed by atoms with Crippen LogP contribution in [-0.2, 0) is 0 Å². The molecule has 2 heteroatoms. The highest BCUT2D eigenvalue weighted by molar-refractivity contribution is 4.91. The third kappa shape index (κ3) is 0.898. The van der Waals surface area contributed by atoms with E-state index in [0.29, 0.717) is 0 Å². The molecular formula is C6H10N2. The number of hydrogen-bond donors (Lipinski definition) is 1.